The van der Waals surface area contributed by atoms with Crippen molar-refractivity contribution >= 4 is 39.1 Å². The first-order chi connectivity index (χ1) is 10.9. The normalized spacial score (nSPS) is 11.2. The highest BCUT2D eigenvalue weighted by Gasteiger charge is 2.17. The Kier molecular flexibility index (Phi) is 6.01. The number of sulfonamides is 1. The fourth-order valence-corrected chi connectivity index (χ4v) is 3.61. The van der Waals surface area contributed by atoms with Gasteiger partial charge in [0.1, 0.15) is 4.90 Å². The topological polar surface area (TPSA) is 75.3 Å². The van der Waals surface area contributed by atoms with E-state index in [9.17, 15) is 13.2 Å². The Morgan fingerprint density at radius 2 is 1.70 bits per heavy atom. The van der Waals surface area contributed by atoms with Crippen LogP contribution in [0, 0.1) is 0 Å². The minimum absolute atomic E-state index is 0.0315. The number of hydrogen-bond acceptors (Lipinski definition) is 3. The maximum atomic E-state index is 12.2. The van der Waals surface area contributed by atoms with Gasteiger partial charge in [-0.3, -0.25) is 4.79 Å². The monoisotopic (exact) mass is 372 g/mol. The van der Waals surface area contributed by atoms with Crippen molar-refractivity contribution in [1.82, 2.24) is 10.0 Å². The van der Waals surface area contributed by atoms with Crippen molar-refractivity contribution in [3.05, 3.63) is 64.1 Å². The number of rotatable bonds is 6. The molecule has 0 heterocycles. The standard InChI is InChI=1S/C15H14Cl2N2O3S/c16-12-6-7-13(17)14(10-12)23(21,22)19-9-8-18-15(20)11-4-2-1-3-5-11/h1-7,10,19H,8-9H2,(H,18,20). The lowest BCUT2D eigenvalue weighted by molar-refractivity contribution is 0.0954. The van der Waals surface area contributed by atoms with Gasteiger partial charge in [0.2, 0.25) is 10.0 Å². The summed E-state index contributed by atoms with van der Waals surface area (Å²) in [6.07, 6.45) is 0. The van der Waals surface area contributed by atoms with Crippen LogP contribution in [-0.4, -0.2) is 27.4 Å². The summed E-state index contributed by atoms with van der Waals surface area (Å²) in [5, 5.41) is 2.97. The van der Waals surface area contributed by atoms with E-state index in [-0.39, 0.29) is 33.9 Å². The van der Waals surface area contributed by atoms with Crippen LogP contribution >= 0.6 is 23.2 Å². The highest BCUT2D eigenvalue weighted by molar-refractivity contribution is 7.89. The zero-order valence-corrected chi connectivity index (χ0v) is 14.3. The minimum atomic E-state index is -3.79. The third kappa shape index (κ3) is 4.94. The maximum Gasteiger partial charge on any atom is 0.251 e. The number of halogens is 2. The lowest BCUT2D eigenvalue weighted by atomic mass is 10.2. The minimum Gasteiger partial charge on any atom is -0.351 e. The summed E-state index contributed by atoms with van der Waals surface area (Å²) >= 11 is 11.7. The van der Waals surface area contributed by atoms with Gasteiger partial charge in [0, 0.05) is 23.7 Å². The molecular weight excluding hydrogens is 359 g/mol. The molecule has 2 aromatic carbocycles. The molecule has 0 saturated carbocycles. The number of benzene rings is 2. The molecular formula is C15H14Cl2N2O3S. The van der Waals surface area contributed by atoms with E-state index in [1.807, 2.05) is 0 Å². The van der Waals surface area contributed by atoms with Crippen LogP contribution in [0.15, 0.2) is 53.4 Å². The van der Waals surface area contributed by atoms with Crippen molar-refractivity contribution in [2.24, 2.45) is 0 Å². The van der Waals surface area contributed by atoms with Crippen molar-refractivity contribution in [3.63, 3.8) is 0 Å². The Balaban J connectivity index is 1.90. The first-order valence-corrected chi connectivity index (χ1v) is 8.92. The summed E-state index contributed by atoms with van der Waals surface area (Å²) < 4.78 is 26.7. The van der Waals surface area contributed by atoms with Crippen LogP contribution in [0.25, 0.3) is 0 Å². The van der Waals surface area contributed by atoms with E-state index in [2.05, 4.69) is 10.0 Å². The van der Waals surface area contributed by atoms with Gasteiger partial charge < -0.3 is 5.32 Å². The lowest BCUT2D eigenvalue weighted by Crippen LogP contribution is -2.34. The molecule has 0 spiro atoms. The summed E-state index contributed by atoms with van der Waals surface area (Å²) in [6, 6.07) is 12.8. The molecule has 0 atom stereocenters. The molecule has 0 unspecified atom stereocenters. The second-order valence-corrected chi connectivity index (χ2v) is 7.17. The van der Waals surface area contributed by atoms with Crippen LogP contribution in [-0.2, 0) is 10.0 Å². The SMILES string of the molecule is O=C(NCCNS(=O)(=O)c1cc(Cl)ccc1Cl)c1ccccc1. The third-order valence-electron chi connectivity index (χ3n) is 2.92. The van der Waals surface area contributed by atoms with E-state index in [0.717, 1.165) is 0 Å². The van der Waals surface area contributed by atoms with Crippen LogP contribution in [0.3, 0.4) is 0 Å². The van der Waals surface area contributed by atoms with Gasteiger partial charge in [-0.2, -0.15) is 0 Å². The first-order valence-electron chi connectivity index (χ1n) is 6.68. The van der Waals surface area contributed by atoms with Crippen LogP contribution in [0.1, 0.15) is 10.4 Å². The predicted molar refractivity (Wildman–Crippen MR) is 90.4 cm³/mol. The molecule has 2 N–H and O–H groups in total. The van der Waals surface area contributed by atoms with E-state index in [1.165, 1.54) is 18.2 Å². The Hall–Kier alpha value is -1.60. The number of nitrogens with one attached hydrogen (secondary N) is 2. The van der Waals surface area contributed by atoms with Crippen LogP contribution in [0.4, 0.5) is 0 Å². The second kappa shape index (κ2) is 7.79. The summed E-state index contributed by atoms with van der Waals surface area (Å²) in [5.74, 6) is -0.273. The van der Waals surface area contributed by atoms with E-state index in [1.54, 1.807) is 30.3 Å². The summed E-state index contributed by atoms with van der Waals surface area (Å²) in [4.78, 5) is 11.7. The first kappa shape index (κ1) is 17.7. The van der Waals surface area contributed by atoms with Gasteiger partial charge in [-0.05, 0) is 30.3 Å². The molecule has 2 aromatic rings. The zero-order chi connectivity index (χ0) is 16.9. The smallest absolute Gasteiger partial charge is 0.251 e. The van der Waals surface area contributed by atoms with Crippen LogP contribution < -0.4 is 10.0 Å². The van der Waals surface area contributed by atoms with E-state index < -0.39 is 10.0 Å². The van der Waals surface area contributed by atoms with Gasteiger partial charge in [0.05, 0.1) is 5.02 Å². The summed E-state index contributed by atoms with van der Waals surface area (Å²) in [7, 11) is -3.79. The van der Waals surface area contributed by atoms with Crippen molar-refractivity contribution < 1.29 is 13.2 Å². The molecule has 0 bridgehead atoms. The molecule has 0 radical (unpaired) electrons. The molecule has 2 rings (SSSR count). The van der Waals surface area contributed by atoms with E-state index in [0.29, 0.717) is 5.56 Å². The number of amides is 1. The van der Waals surface area contributed by atoms with Crippen molar-refractivity contribution in [3.8, 4) is 0 Å². The Morgan fingerprint density at radius 3 is 2.39 bits per heavy atom. The molecule has 1 amide bonds. The molecule has 23 heavy (non-hydrogen) atoms. The third-order valence-corrected chi connectivity index (χ3v) is 5.10. The highest BCUT2D eigenvalue weighted by atomic mass is 35.5. The number of carbonyl (C=O) groups excluding carboxylic acids is 1. The molecule has 0 aliphatic heterocycles. The van der Waals surface area contributed by atoms with Gasteiger partial charge in [-0.1, -0.05) is 41.4 Å². The predicted octanol–water partition coefficient (Wildman–Crippen LogP) is 2.70. The largest absolute Gasteiger partial charge is 0.351 e. The van der Waals surface area contributed by atoms with E-state index in [4.69, 9.17) is 23.2 Å². The fourth-order valence-electron chi connectivity index (χ4n) is 1.81. The Labute approximate surface area is 144 Å². The second-order valence-electron chi connectivity index (χ2n) is 4.59. The maximum absolute atomic E-state index is 12.2. The molecule has 0 aliphatic rings. The van der Waals surface area contributed by atoms with Crippen molar-refractivity contribution in [2.45, 2.75) is 4.90 Å². The zero-order valence-electron chi connectivity index (χ0n) is 11.9. The van der Waals surface area contributed by atoms with Crippen molar-refractivity contribution in [1.29, 1.82) is 0 Å². The molecule has 0 aliphatic carbocycles. The van der Waals surface area contributed by atoms with Crippen LogP contribution in [0.2, 0.25) is 10.0 Å². The fraction of sp³-hybridized carbons (Fsp3) is 0.133. The lowest BCUT2D eigenvalue weighted by Gasteiger charge is -2.09. The average Bonchev–Trinajstić information content (AvgIpc) is 2.54. The van der Waals surface area contributed by atoms with Gasteiger partial charge in [-0.25, -0.2) is 13.1 Å². The number of hydrogen-bond donors (Lipinski definition) is 2. The Bertz CT molecular complexity index is 796. The Morgan fingerprint density at radius 1 is 1.00 bits per heavy atom. The molecule has 8 heteroatoms. The quantitative estimate of drug-likeness (QED) is 0.765. The van der Waals surface area contributed by atoms with Gasteiger partial charge in [0.15, 0.2) is 0 Å². The van der Waals surface area contributed by atoms with E-state index >= 15 is 0 Å². The molecule has 0 saturated heterocycles. The molecule has 5 nitrogen and oxygen atoms in total. The van der Waals surface area contributed by atoms with Gasteiger partial charge >= 0.3 is 0 Å². The van der Waals surface area contributed by atoms with Crippen molar-refractivity contribution in [2.75, 3.05) is 13.1 Å². The summed E-state index contributed by atoms with van der Waals surface area (Å²) in [5.41, 5.74) is 0.508. The van der Waals surface area contributed by atoms with Crippen LogP contribution in [0.5, 0.6) is 0 Å². The molecule has 0 fully saturated rings. The number of carbonyl (C=O) groups is 1. The van der Waals surface area contributed by atoms with Gasteiger partial charge in [-0.15, -0.1) is 0 Å². The van der Waals surface area contributed by atoms with Gasteiger partial charge in [0.25, 0.3) is 5.91 Å². The average molecular weight is 373 g/mol. The highest BCUT2D eigenvalue weighted by Crippen LogP contribution is 2.24. The molecule has 0 aromatic heterocycles. The molecule has 122 valence electrons. The summed E-state index contributed by atoms with van der Waals surface area (Å²) in [6.45, 7) is 0.175.